The van der Waals surface area contributed by atoms with Crippen molar-refractivity contribution in [3.8, 4) is 0 Å². The highest BCUT2D eigenvalue weighted by Gasteiger charge is 2.18. The number of rotatable bonds is 5. The first-order chi connectivity index (χ1) is 9.54. The molecule has 2 heterocycles. The fourth-order valence-corrected chi connectivity index (χ4v) is 2.82. The lowest BCUT2D eigenvalue weighted by Gasteiger charge is -2.06. The number of aromatic carboxylic acids is 1. The minimum absolute atomic E-state index is 0.0731. The minimum Gasteiger partial charge on any atom is -0.477 e. The summed E-state index contributed by atoms with van der Waals surface area (Å²) < 4.78 is 0. The van der Waals surface area contributed by atoms with E-state index in [0.717, 1.165) is 11.3 Å². The number of hydrogen-bond donors (Lipinski definition) is 3. The van der Waals surface area contributed by atoms with Crippen LogP contribution < -0.4 is 10.6 Å². The molecule has 0 aromatic carbocycles. The maximum Gasteiger partial charge on any atom is 0.346 e. The highest BCUT2D eigenvalue weighted by Crippen LogP contribution is 2.33. The van der Waals surface area contributed by atoms with Gasteiger partial charge in [0.15, 0.2) is 0 Å². The molecule has 0 atom stereocenters. The smallest absolute Gasteiger partial charge is 0.346 e. The lowest BCUT2D eigenvalue weighted by molar-refractivity contribution is -0.120. The molecule has 20 heavy (non-hydrogen) atoms. The monoisotopic (exact) mass is 294 g/mol. The van der Waals surface area contributed by atoms with Crippen molar-refractivity contribution in [2.45, 2.75) is 13.3 Å². The molecule has 0 bridgehead atoms. The van der Waals surface area contributed by atoms with Gasteiger partial charge in [0.25, 0.3) is 0 Å². The highest BCUT2D eigenvalue weighted by atomic mass is 32.1. The van der Waals surface area contributed by atoms with E-state index in [-0.39, 0.29) is 10.8 Å². The third kappa shape index (κ3) is 2.69. The second-order valence-electron chi connectivity index (χ2n) is 4.11. The summed E-state index contributed by atoms with van der Waals surface area (Å²) >= 11 is 1.12. The van der Waals surface area contributed by atoms with Gasteiger partial charge in [0.2, 0.25) is 5.91 Å². The molecule has 7 nitrogen and oxygen atoms in total. The predicted molar refractivity (Wildman–Crippen MR) is 76.3 cm³/mol. The van der Waals surface area contributed by atoms with Gasteiger partial charge in [0.05, 0.1) is 5.39 Å². The summed E-state index contributed by atoms with van der Waals surface area (Å²) in [6, 6.07) is 0. The van der Waals surface area contributed by atoms with Crippen LogP contribution in [0.4, 0.5) is 5.82 Å². The van der Waals surface area contributed by atoms with E-state index in [2.05, 4.69) is 20.6 Å². The van der Waals surface area contributed by atoms with Crippen molar-refractivity contribution in [1.29, 1.82) is 0 Å². The van der Waals surface area contributed by atoms with Crippen molar-refractivity contribution in [3.63, 3.8) is 0 Å². The van der Waals surface area contributed by atoms with Crippen LogP contribution in [0, 0.1) is 6.92 Å². The number of amides is 1. The van der Waals surface area contributed by atoms with Gasteiger partial charge in [-0.05, 0) is 12.5 Å². The Bertz CT molecular complexity index is 668. The third-order valence-corrected chi connectivity index (χ3v) is 4.03. The number of carbonyl (C=O) groups excluding carboxylic acids is 1. The van der Waals surface area contributed by atoms with Crippen LogP contribution >= 0.6 is 11.3 Å². The average molecular weight is 294 g/mol. The molecule has 0 fully saturated rings. The number of aryl methyl sites for hydroxylation is 1. The normalized spacial score (nSPS) is 10.5. The molecule has 3 N–H and O–H groups in total. The second-order valence-corrected chi connectivity index (χ2v) is 5.11. The molecule has 0 radical (unpaired) electrons. The Labute approximate surface area is 119 Å². The molecule has 0 saturated heterocycles. The van der Waals surface area contributed by atoms with E-state index in [4.69, 9.17) is 5.11 Å². The van der Waals surface area contributed by atoms with Crippen molar-refractivity contribution >= 4 is 39.2 Å². The number of hydrogen-bond acceptors (Lipinski definition) is 6. The Hall–Kier alpha value is -2.22. The van der Waals surface area contributed by atoms with Crippen molar-refractivity contribution in [2.75, 3.05) is 18.9 Å². The number of thiophene rings is 1. The van der Waals surface area contributed by atoms with Crippen LogP contribution in [0.3, 0.4) is 0 Å². The highest BCUT2D eigenvalue weighted by molar-refractivity contribution is 7.20. The van der Waals surface area contributed by atoms with E-state index in [1.807, 2.05) is 0 Å². The van der Waals surface area contributed by atoms with Crippen LogP contribution in [0.2, 0.25) is 0 Å². The summed E-state index contributed by atoms with van der Waals surface area (Å²) in [5.41, 5.74) is 0.639. The third-order valence-electron chi connectivity index (χ3n) is 2.84. The standard InChI is InChI=1S/C12H14N4O3S/c1-6-8-10(14-4-3-7(17)13-2)15-5-16-11(8)20-9(6)12(18)19/h5H,3-4H2,1-2H3,(H,13,17)(H,18,19)(H,14,15,16). The quantitative estimate of drug-likeness (QED) is 0.766. The number of carboxylic acids is 1. The van der Waals surface area contributed by atoms with E-state index < -0.39 is 5.97 Å². The van der Waals surface area contributed by atoms with Crippen LogP contribution in [0.5, 0.6) is 0 Å². The zero-order valence-electron chi connectivity index (χ0n) is 11.1. The Morgan fingerprint density at radius 3 is 2.80 bits per heavy atom. The summed E-state index contributed by atoms with van der Waals surface area (Å²) in [4.78, 5) is 31.4. The van der Waals surface area contributed by atoms with Gasteiger partial charge >= 0.3 is 5.97 Å². The second kappa shape index (κ2) is 5.83. The van der Waals surface area contributed by atoms with E-state index in [1.54, 1.807) is 14.0 Å². The number of nitrogens with one attached hydrogen (secondary N) is 2. The molecule has 0 aliphatic rings. The summed E-state index contributed by atoms with van der Waals surface area (Å²) in [5, 5.41) is 15.4. The fraction of sp³-hybridized carbons (Fsp3) is 0.333. The van der Waals surface area contributed by atoms with Crippen LogP contribution in [-0.4, -0.2) is 40.5 Å². The largest absolute Gasteiger partial charge is 0.477 e. The molecule has 0 unspecified atom stereocenters. The van der Waals surface area contributed by atoms with Gasteiger partial charge in [-0.3, -0.25) is 4.79 Å². The Kier molecular flexibility index (Phi) is 4.14. The first-order valence-corrected chi connectivity index (χ1v) is 6.78. The summed E-state index contributed by atoms with van der Waals surface area (Å²) in [5.74, 6) is -0.488. The minimum atomic E-state index is -0.971. The number of carbonyl (C=O) groups is 2. The summed E-state index contributed by atoms with van der Waals surface area (Å²) in [7, 11) is 1.58. The number of anilines is 1. The van der Waals surface area contributed by atoms with Gasteiger partial charge in [0.1, 0.15) is 21.9 Å². The molecule has 2 aromatic rings. The maximum atomic E-state index is 11.2. The average Bonchev–Trinajstić information content (AvgIpc) is 2.77. The van der Waals surface area contributed by atoms with E-state index in [9.17, 15) is 9.59 Å². The fourth-order valence-electron chi connectivity index (χ4n) is 1.83. The van der Waals surface area contributed by atoms with Gasteiger partial charge < -0.3 is 15.7 Å². The molecule has 8 heteroatoms. The molecule has 0 spiro atoms. The molecular weight excluding hydrogens is 280 g/mol. The van der Waals surface area contributed by atoms with Crippen molar-refractivity contribution in [3.05, 3.63) is 16.8 Å². The summed E-state index contributed by atoms with van der Waals surface area (Å²) in [6.07, 6.45) is 1.70. The van der Waals surface area contributed by atoms with Crippen molar-refractivity contribution < 1.29 is 14.7 Å². The molecule has 1 amide bonds. The predicted octanol–water partition coefficient (Wildman–Crippen LogP) is 1.25. The number of carboxylic acid groups (broad SMARTS) is 1. The van der Waals surface area contributed by atoms with Crippen molar-refractivity contribution in [2.24, 2.45) is 0 Å². The van der Waals surface area contributed by atoms with Gasteiger partial charge in [-0.15, -0.1) is 11.3 Å². The zero-order chi connectivity index (χ0) is 14.7. The van der Waals surface area contributed by atoms with Gasteiger partial charge in [-0.25, -0.2) is 14.8 Å². The molecule has 2 aromatic heterocycles. The molecule has 2 rings (SSSR count). The maximum absolute atomic E-state index is 11.2. The first kappa shape index (κ1) is 14.2. The van der Waals surface area contributed by atoms with Gasteiger partial charge in [0, 0.05) is 20.0 Å². The molecular formula is C12H14N4O3S. The van der Waals surface area contributed by atoms with E-state index in [0.29, 0.717) is 34.6 Å². The lowest BCUT2D eigenvalue weighted by atomic mass is 10.2. The SMILES string of the molecule is CNC(=O)CCNc1ncnc2sc(C(=O)O)c(C)c12. The van der Waals surface area contributed by atoms with E-state index >= 15 is 0 Å². The van der Waals surface area contributed by atoms with Crippen LogP contribution in [-0.2, 0) is 4.79 Å². The Morgan fingerprint density at radius 2 is 2.15 bits per heavy atom. The van der Waals surface area contributed by atoms with Crippen molar-refractivity contribution in [1.82, 2.24) is 15.3 Å². The summed E-state index contributed by atoms with van der Waals surface area (Å²) in [6.45, 7) is 2.15. The van der Waals surface area contributed by atoms with Crippen LogP contribution in [0.25, 0.3) is 10.2 Å². The van der Waals surface area contributed by atoms with Gasteiger partial charge in [-0.1, -0.05) is 0 Å². The lowest BCUT2D eigenvalue weighted by Crippen LogP contribution is -2.21. The first-order valence-electron chi connectivity index (χ1n) is 5.96. The van der Waals surface area contributed by atoms with Crippen LogP contribution in [0.15, 0.2) is 6.33 Å². The van der Waals surface area contributed by atoms with Gasteiger partial charge in [-0.2, -0.15) is 0 Å². The zero-order valence-corrected chi connectivity index (χ0v) is 11.9. The molecule has 0 saturated carbocycles. The number of nitrogens with zero attached hydrogens (tertiary/aromatic N) is 2. The Morgan fingerprint density at radius 1 is 1.40 bits per heavy atom. The van der Waals surface area contributed by atoms with Crippen LogP contribution in [0.1, 0.15) is 21.7 Å². The molecule has 0 aliphatic heterocycles. The number of fused-ring (bicyclic) bond motifs is 1. The van der Waals surface area contributed by atoms with E-state index in [1.165, 1.54) is 6.33 Å². The molecule has 106 valence electrons. The molecule has 0 aliphatic carbocycles. The Balaban J connectivity index is 2.29. The topological polar surface area (TPSA) is 104 Å². The number of aromatic nitrogens is 2.